The lowest BCUT2D eigenvalue weighted by molar-refractivity contribution is -0.0171. The lowest BCUT2D eigenvalue weighted by atomic mass is 9.86. The first-order chi connectivity index (χ1) is 12.5. The van der Waals surface area contributed by atoms with Crippen molar-refractivity contribution in [3.8, 4) is 0 Å². The van der Waals surface area contributed by atoms with Crippen LogP contribution < -0.4 is 5.32 Å². The number of nitrogens with zero attached hydrogens (tertiary/aromatic N) is 6. The van der Waals surface area contributed by atoms with Crippen molar-refractivity contribution >= 4 is 23.2 Å². The number of hydrogen-bond acceptors (Lipinski definition) is 6. The van der Waals surface area contributed by atoms with Gasteiger partial charge in [0.25, 0.3) is 0 Å². The van der Waals surface area contributed by atoms with Crippen LogP contribution in [0.3, 0.4) is 0 Å². The van der Waals surface area contributed by atoms with Crippen LogP contribution in [-0.2, 0) is 18.7 Å². The summed E-state index contributed by atoms with van der Waals surface area (Å²) in [5.74, 6) is 0. The third kappa shape index (κ3) is 4.21. The molecule has 2 heterocycles. The normalized spacial score (nSPS) is 14.9. The summed E-state index contributed by atoms with van der Waals surface area (Å²) < 4.78 is 3.28. The van der Waals surface area contributed by atoms with E-state index in [4.69, 9.17) is 23.2 Å². The number of benzene rings is 1. The van der Waals surface area contributed by atoms with E-state index in [1.807, 2.05) is 6.92 Å². The van der Waals surface area contributed by atoms with Gasteiger partial charge in [-0.3, -0.25) is 4.68 Å². The Hall–Kier alpha value is -2.00. The molecule has 138 valence electrons. The molecule has 1 aromatic carbocycles. The van der Waals surface area contributed by atoms with Gasteiger partial charge in [0, 0.05) is 28.2 Å². The maximum absolute atomic E-state index is 11.5. The summed E-state index contributed by atoms with van der Waals surface area (Å²) in [5, 5.41) is 23.9. The Balaban J connectivity index is 1.81. The minimum Gasteiger partial charge on any atom is -0.382 e. The highest BCUT2D eigenvalue weighted by Gasteiger charge is 2.38. The van der Waals surface area contributed by atoms with Crippen LogP contribution in [0.2, 0.25) is 10.0 Å². The van der Waals surface area contributed by atoms with Crippen LogP contribution >= 0.6 is 23.2 Å². The molecule has 0 aliphatic rings. The van der Waals surface area contributed by atoms with Gasteiger partial charge in [0.2, 0.25) is 0 Å². The largest absolute Gasteiger partial charge is 0.382 e. The molecule has 3 aromatic rings. The molecule has 0 amide bonds. The Morgan fingerprint density at radius 2 is 1.85 bits per heavy atom. The van der Waals surface area contributed by atoms with Crippen molar-refractivity contribution in [3.63, 3.8) is 0 Å². The van der Waals surface area contributed by atoms with Crippen molar-refractivity contribution in [3.05, 3.63) is 59.1 Å². The zero-order valence-electron chi connectivity index (χ0n) is 14.1. The Morgan fingerprint density at radius 1 is 1.15 bits per heavy atom. The highest BCUT2D eigenvalue weighted by molar-refractivity contribution is 6.35. The summed E-state index contributed by atoms with van der Waals surface area (Å²) in [5.41, 5.74) is -0.752. The van der Waals surface area contributed by atoms with E-state index < -0.39 is 5.60 Å². The SMILES string of the molecule is CC(NCCn1cncn1)C(O)(Cn1cncn1)c1ccc(Cl)cc1Cl. The first-order valence-corrected chi connectivity index (χ1v) is 8.81. The quantitative estimate of drug-likeness (QED) is 0.603. The van der Waals surface area contributed by atoms with Crippen molar-refractivity contribution in [2.24, 2.45) is 0 Å². The fraction of sp³-hybridized carbons (Fsp3) is 0.375. The minimum atomic E-state index is -1.32. The number of aromatic nitrogens is 6. The molecule has 0 saturated carbocycles. The maximum atomic E-state index is 11.5. The molecule has 0 spiro atoms. The summed E-state index contributed by atoms with van der Waals surface area (Å²) >= 11 is 12.4. The van der Waals surface area contributed by atoms with Gasteiger partial charge in [0.1, 0.15) is 30.9 Å². The molecule has 8 nitrogen and oxygen atoms in total. The molecular formula is C16H19Cl2N7O. The Bertz CT molecular complexity index is 825. The van der Waals surface area contributed by atoms with Crippen LogP contribution in [0.5, 0.6) is 0 Å². The van der Waals surface area contributed by atoms with E-state index in [2.05, 4.69) is 25.5 Å². The monoisotopic (exact) mass is 395 g/mol. The predicted octanol–water partition coefficient (Wildman–Crippen LogP) is 1.74. The van der Waals surface area contributed by atoms with Crippen molar-refractivity contribution in [2.45, 2.75) is 31.7 Å². The third-order valence-corrected chi connectivity index (χ3v) is 4.79. The molecule has 3 rings (SSSR count). The lowest BCUT2D eigenvalue weighted by Crippen LogP contribution is -2.50. The van der Waals surface area contributed by atoms with Gasteiger partial charge in [-0.2, -0.15) is 10.2 Å². The van der Waals surface area contributed by atoms with E-state index in [1.54, 1.807) is 40.2 Å². The minimum absolute atomic E-state index is 0.186. The Morgan fingerprint density at radius 3 is 2.46 bits per heavy atom. The summed E-state index contributed by atoms with van der Waals surface area (Å²) in [6.45, 7) is 3.29. The van der Waals surface area contributed by atoms with E-state index in [0.717, 1.165) is 0 Å². The van der Waals surface area contributed by atoms with Gasteiger partial charge in [0.15, 0.2) is 0 Å². The second kappa shape index (κ2) is 8.13. The maximum Gasteiger partial charge on any atom is 0.137 e. The highest BCUT2D eigenvalue weighted by atomic mass is 35.5. The van der Waals surface area contributed by atoms with Crippen LogP contribution in [-0.4, -0.2) is 47.2 Å². The summed E-state index contributed by atoms with van der Waals surface area (Å²) in [4.78, 5) is 7.85. The molecule has 0 aliphatic carbocycles. The van der Waals surface area contributed by atoms with Crippen molar-refractivity contribution in [2.75, 3.05) is 6.54 Å². The molecule has 0 fully saturated rings. The van der Waals surface area contributed by atoms with Crippen molar-refractivity contribution < 1.29 is 5.11 Å². The molecule has 2 unspecified atom stereocenters. The fourth-order valence-electron chi connectivity index (χ4n) is 2.77. The topological polar surface area (TPSA) is 93.7 Å². The molecule has 2 atom stereocenters. The molecule has 0 bridgehead atoms. The number of aliphatic hydroxyl groups is 1. The average molecular weight is 396 g/mol. The fourth-order valence-corrected chi connectivity index (χ4v) is 3.34. The van der Waals surface area contributed by atoms with Gasteiger partial charge in [-0.15, -0.1) is 0 Å². The highest BCUT2D eigenvalue weighted by Crippen LogP contribution is 2.34. The zero-order chi connectivity index (χ0) is 18.6. The van der Waals surface area contributed by atoms with E-state index in [0.29, 0.717) is 28.7 Å². The Labute approximate surface area is 160 Å². The van der Waals surface area contributed by atoms with Crippen LogP contribution in [0.1, 0.15) is 12.5 Å². The standard InChI is InChI=1S/C16H19Cl2N7O/c1-12(21-4-5-24-10-19-8-22-24)16(26,7-25-11-20-9-23-25)14-3-2-13(17)6-15(14)18/h2-3,6,8-12,21,26H,4-5,7H2,1H3. The van der Waals surface area contributed by atoms with Crippen LogP contribution in [0, 0.1) is 0 Å². The average Bonchev–Trinajstić information content (AvgIpc) is 3.28. The van der Waals surface area contributed by atoms with Gasteiger partial charge in [-0.05, 0) is 19.1 Å². The van der Waals surface area contributed by atoms with E-state index >= 15 is 0 Å². The molecular weight excluding hydrogens is 377 g/mol. The summed E-state index contributed by atoms with van der Waals surface area (Å²) in [7, 11) is 0. The first kappa shape index (κ1) is 18.8. The second-order valence-corrected chi connectivity index (χ2v) is 6.82. The van der Waals surface area contributed by atoms with Crippen molar-refractivity contribution in [1.82, 2.24) is 34.8 Å². The molecule has 0 saturated heterocycles. The van der Waals surface area contributed by atoms with Gasteiger partial charge in [-0.25, -0.2) is 14.6 Å². The van der Waals surface area contributed by atoms with Gasteiger partial charge in [-0.1, -0.05) is 29.3 Å². The molecule has 2 aromatic heterocycles. The predicted molar refractivity (Wildman–Crippen MR) is 97.9 cm³/mol. The number of rotatable bonds is 8. The van der Waals surface area contributed by atoms with Crippen LogP contribution in [0.15, 0.2) is 43.5 Å². The van der Waals surface area contributed by atoms with E-state index in [9.17, 15) is 5.11 Å². The lowest BCUT2D eigenvalue weighted by Gasteiger charge is -2.35. The molecule has 0 radical (unpaired) electrons. The van der Waals surface area contributed by atoms with E-state index in [1.165, 1.54) is 12.7 Å². The van der Waals surface area contributed by atoms with Crippen LogP contribution in [0.4, 0.5) is 0 Å². The molecule has 10 heteroatoms. The smallest absolute Gasteiger partial charge is 0.137 e. The van der Waals surface area contributed by atoms with Crippen molar-refractivity contribution in [1.29, 1.82) is 0 Å². The van der Waals surface area contributed by atoms with Gasteiger partial charge in [0.05, 0.1) is 13.1 Å². The Kier molecular flexibility index (Phi) is 5.87. The molecule has 26 heavy (non-hydrogen) atoms. The zero-order valence-corrected chi connectivity index (χ0v) is 15.6. The number of halogens is 2. The van der Waals surface area contributed by atoms with Gasteiger partial charge < -0.3 is 10.4 Å². The van der Waals surface area contributed by atoms with Gasteiger partial charge >= 0.3 is 0 Å². The van der Waals surface area contributed by atoms with Crippen LogP contribution in [0.25, 0.3) is 0 Å². The second-order valence-electron chi connectivity index (χ2n) is 5.98. The number of nitrogens with one attached hydrogen (secondary N) is 1. The molecule has 0 aliphatic heterocycles. The summed E-state index contributed by atoms with van der Waals surface area (Å²) in [6.07, 6.45) is 6.10. The summed E-state index contributed by atoms with van der Waals surface area (Å²) in [6, 6.07) is 4.72. The number of hydrogen-bond donors (Lipinski definition) is 2. The first-order valence-electron chi connectivity index (χ1n) is 8.05. The molecule has 2 N–H and O–H groups in total. The third-order valence-electron chi connectivity index (χ3n) is 4.24. The van der Waals surface area contributed by atoms with E-state index in [-0.39, 0.29) is 12.6 Å².